The summed E-state index contributed by atoms with van der Waals surface area (Å²) >= 11 is 0. The van der Waals surface area contributed by atoms with Gasteiger partial charge in [0.05, 0.1) is 0 Å². The molecule has 8 aromatic carbocycles. The molecule has 2 nitrogen and oxygen atoms in total. The quantitative estimate of drug-likeness (QED) is 0.0431. The summed E-state index contributed by atoms with van der Waals surface area (Å²) in [4.78, 5) is 4.83. The summed E-state index contributed by atoms with van der Waals surface area (Å²) in [5.41, 5.74) is 21.3. The second kappa shape index (κ2) is 27.2. The zero-order valence-electron chi connectivity index (χ0n) is 50.3. The molecule has 2 heteroatoms. The monoisotopic (exact) mass is 1060 g/mol. The molecule has 80 heavy (non-hydrogen) atoms. The number of para-hydroxylation sites is 2. The van der Waals surface area contributed by atoms with Gasteiger partial charge in [0.15, 0.2) is 0 Å². The normalized spacial score (nSPS) is 13.4. The summed E-state index contributed by atoms with van der Waals surface area (Å²) in [7, 11) is 0. The molecule has 1 atom stereocenters. The number of hydrogen-bond acceptors (Lipinski definition) is 2. The van der Waals surface area contributed by atoms with E-state index >= 15 is 0 Å². The summed E-state index contributed by atoms with van der Waals surface area (Å²) in [5, 5.41) is 0. The molecule has 1 aliphatic rings. The standard InChI is InChI=1S/C78H94N2/c1-9-15-17-19-21-29-56-78(57-30-22-20-18-16-10-2)74-58-62(60-35-45-68(46-36-60)79(66-31-25-23-26-32-66)70-49-41-64(42-50-70)76(7,12-4)13-5)39-53-72(74)73-54-40-63(59-75(73)78)61-37-47-69(48-38-61)80(67-33-27-24-28-34-67)71-51-43-65(44-52-71)77(8,14-6)55-11-3/h23-28,31-54,58-59H,9-22,29-30,55-57H2,1-8H3. The van der Waals surface area contributed by atoms with E-state index in [0.29, 0.717) is 0 Å². The Morgan fingerprint density at radius 1 is 0.312 bits per heavy atom. The summed E-state index contributed by atoms with van der Waals surface area (Å²) in [6, 6.07) is 74.3. The lowest BCUT2D eigenvalue weighted by Gasteiger charge is -2.33. The molecule has 0 fully saturated rings. The maximum absolute atomic E-state index is 2.62. The Morgan fingerprint density at radius 3 is 1.00 bits per heavy atom. The molecule has 0 heterocycles. The smallest absolute Gasteiger partial charge is 0.0462 e. The van der Waals surface area contributed by atoms with E-state index in [1.807, 2.05) is 0 Å². The molecule has 0 saturated carbocycles. The van der Waals surface area contributed by atoms with Crippen molar-refractivity contribution in [3.8, 4) is 33.4 Å². The van der Waals surface area contributed by atoms with Crippen LogP contribution in [0.2, 0.25) is 0 Å². The highest BCUT2D eigenvalue weighted by Crippen LogP contribution is 2.56. The molecule has 0 N–H and O–H groups in total. The van der Waals surface area contributed by atoms with Crippen molar-refractivity contribution in [1.82, 2.24) is 0 Å². The minimum Gasteiger partial charge on any atom is -0.311 e. The molecule has 1 unspecified atom stereocenters. The molecule has 416 valence electrons. The van der Waals surface area contributed by atoms with Gasteiger partial charge in [-0.15, -0.1) is 0 Å². The van der Waals surface area contributed by atoms with Crippen molar-refractivity contribution in [2.45, 2.75) is 194 Å². The maximum atomic E-state index is 2.62. The number of hydrogen-bond donors (Lipinski definition) is 0. The van der Waals surface area contributed by atoms with Crippen molar-refractivity contribution in [2.75, 3.05) is 9.80 Å². The Morgan fingerprint density at radius 2 is 0.637 bits per heavy atom. The van der Waals surface area contributed by atoms with E-state index in [4.69, 9.17) is 0 Å². The summed E-state index contributed by atoms with van der Waals surface area (Å²) < 4.78 is 0. The first-order chi connectivity index (χ1) is 39.1. The van der Waals surface area contributed by atoms with Crippen LogP contribution < -0.4 is 9.80 Å². The van der Waals surface area contributed by atoms with Gasteiger partial charge in [0, 0.05) is 39.5 Å². The van der Waals surface area contributed by atoms with Gasteiger partial charge in [-0.1, -0.05) is 248 Å². The summed E-state index contributed by atoms with van der Waals surface area (Å²) in [5.74, 6) is 0. The van der Waals surface area contributed by atoms with Crippen molar-refractivity contribution in [3.05, 3.63) is 216 Å². The third kappa shape index (κ3) is 12.8. The van der Waals surface area contributed by atoms with Crippen LogP contribution in [0.25, 0.3) is 33.4 Å². The highest BCUT2D eigenvalue weighted by atomic mass is 15.1. The van der Waals surface area contributed by atoms with E-state index in [1.165, 1.54) is 181 Å². The van der Waals surface area contributed by atoms with Gasteiger partial charge in [-0.3, -0.25) is 0 Å². The number of nitrogens with zero attached hydrogens (tertiary/aromatic N) is 2. The van der Waals surface area contributed by atoms with Gasteiger partial charge in [-0.25, -0.2) is 0 Å². The van der Waals surface area contributed by atoms with Gasteiger partial charge in [-0.2, -0.15) is 0 Å². The average Bonchev–Trinajstić information content (AvgIpc) is 3.87. The number of rotatable bonds is 29. The van der Waals surface area contributed by atoms with Crippen LogP contribution in [-0.2, 0) is 16.2 Å². The van der Waals surface area contributed by atoms with E-state index in [1.54, 1.807) is 11.1 Å². The van der Waals surface area contributed by atoms with Crippen LogP contribution in [0.5, 0.6) is 0 Å². The number of fused-ring (bicyclic) bond motifs is 3. The average molecular weight is 1060 g/mol. The first-order valence-electron chi connectivity index (χ1n) is 31.5. The third-order valence-electron chi connectivity index (χ3n) is 19.0. The van der Waals surface area contributed by atoms with Crippen LogP contribution in [0, 0.1) is 0 Å². The second-order valence-corrected chi connectivity index (χ2v) is 24.1. The van der Waals surface area contributed by atoms with Gasteiger partial charge < -0.3 is 9.80 Å². The van der Waals surface area contributed by atoms with Gasteiger partial charge in [0.1, 0.15) is 0 Å². The van der Waals surface area contributed by atoms with Crippen LogP contribution in [-0.4, -0.2) is 0 Å². The van der Waals surface area contributed by atoms with Crippen molar-refractivity contribution in [3.63, 3.8) is 0 Å². The van der Waals surface area contributed by atoms with Crippen LogP contribution in [0.15, 0.2) is 194 Å². The molecule has 0 amide bonds. The van der Waals surface area contributed by atoms with E-state index in [-0.39, 0.29) is 16.2 Å². The molecule has 0 bridgehead atoms. The minimum atomic E-state index is -0.0603. The molecule has 1 aliphatic carbocycles. The molecule has 0 radical (unpaired) electrons. The molecule has 8 aromatic rings. The third-order valence-corrected chi connectivity index (χ3v) is 19.0. The van der Waals surface area contributed by atoms with Gasteiger partial charge in [-0.05, 0) is 190 Å². The van der Waals surface area contributed by atoms with Crippen molar-refractivity contribution in [2.24, 2.45) is 0 Å². The summed E-state index contributed by atoms with van der Waals surface area (Å²) in [6.07, 6.45) is 23.7. The first kappa shape index (κ1) is 58.0. The van der Waals surface area contributed by atoms with Crippen LogP contribution in [0.4, 0.5) is 34.1 Å². The van der Waals surface area contributed by atoms with E-state index in [0.717, 1.165) is 19.3 Å². The van der Waals surface area contributed by atoms with E-state index < -0.39 is 0 Å². The lowest BCUT2D eigenvalue weighted by Crippen LogP contribution is -2.25. The zero-order valence-corrected chi connectivity index (χ0v) is 50.3. The van der Waals surface area contributed by atoms with Crippen molar-refractivity contribution >= 4 is 34.1 Å². The van der Waals surface area contributed by atoms with Crippen LogP contribution in [0.1, 0.15) is 200 Å². The molecule has 0 saturated heterocycles. The molecule has 0 spiro atoms. The first-order valence-corrected chi connectivity index (χ1v) is 31.5. The van der Waals surface area contributed by atoms with Gasteiger partial charge >= 0.3 is 0 Å². The van der Waals surface area contributed by atoms with Crippen LogP contribution in [0.3, 0.4) is 0 Å². The molecular weight excluding hydrogens is 965 g/mol. The Hall–Kier alpha value is -6.64. The second-order valence-electron chi connectivity index (χ2n) is 24.1. The Balaban J connectivity index is 1.08. The molecule has 9 rings (SSSR count). The van der Waals surface area contributed by atoms with Crippen molar-refractivity contribution < 1.29 is 0 Å². The Kier molecular flexibility index (Phi) is 19.7. The topological polar surface area (TPSA) is 6.48 Å². The Labute approximate surface area is 484 Å². The molecule has 0 aliphatic heterocycles. The van der Waals surface area contributed by atoms with Gasteiger partial charge in [0.2, 0.25) is 0 Å². The molecular formula is C78H94N2. The predicted octanol–water partition coefficient (Wildman–Crippen LogP) is 24.3. The number of benzene rings is 8. The van der Waals surface area contributed by atoms with Gasteiger partial charge in [0.25, 0.3) is 0 Å². The number of unbranched alkanes of at least 4 members (excludes halogenated alkanes) is 10. The maximum Gasteiger partial charge on any atom is 0.0462 e. The Bertz CT molecular complexity index is 3130. The SMILES string of the molecule is CCCCCCCCC1(CCCCCCCC)c2cc(-c3ccc(N(c4ccccc4)c4ccc(C(C)(CC)CC)cc4)cc3)ccc2-c2ccc(-c3ccc(N(c4ccccc4)c4ccc(C(C)(CC)CCC)cc4)cc3)cc21. The lowest BCUT2D eigenvalue weighted by molar-refractivity contribution is 0.398. The van der Waals surface area contributed by atoms with E-state index in [2.05, 4.69) is 259 Å². The molecule has 0 aromatic heterocycles. The van der Waals surface area contributed by atoms with E-state index in [9.17, 15) is 0 Å². The fourth-order valence-corrected chi connectivity index (χ4v) is 13.3. The minimum absolute atomic E-state index is 0.0603. The van der Waals surface area contributed by atoms with Crippen molar-refractivity contribution in [1.29, 1.82) is 0 Å². The predicted molar refractivity (Wildman–Crippen MR) is 349 cm³/mol. The fraction of sp³-hybridized carbons (Fsp3) is 0.385. The highest BCUT2D eigenvalue weighted by Gasteiger charge is 2.43. The fourth-order valence-electron chi connectivity index (χ4n) is 13.3. The van der Waals surface area contributed by atoms with Crippen LogP contribution >= 0.6 is 0 Å². The summed E-state index contributed by atoms with van der Waals surface area (Å²) in [6.45, 7) is 18.7. The lowest BCUT2D eigenvalue weighted by atomic mass is 9.70. The largest absolute Gasteiger partial charge is 0.311 e. The number of anilines is 6. The zero-order chi connectivity index (χ0) is 56.0. The highest BCUT2D eigenvalue weighted by molar-refractivity contribution is 5.87.